The number of carbonyl (C=O) groups excluding carboxylic acids is 2. The van der Waals surface area contributed by atoms with E-state index in [4.69, 9.17) is 0 Å². The maximum Gasteiger partial charge on any atom is 0.264 e. The van der Waals surface area contributed by atoms with E-state index in [1.165, 1.54) is 10.4 Å². The number of nitrogens with zero attached hydrogens (tertiary/aromatic N) is 1. The molecule has 2 aliphatic heterocycles. The van der Waals surface area contributed by atoms with Gasteiger partial charge in [-0.25, -0.2) is 8.42 Å². The molecule has 2 aliphatic rings. The molecule has 2 heterocycles. The van der Waals surface area contributed by atoms with Gasteiger partial charge in [0.2, 0.25) is 5.91 Å². The summed E-state index contributed by atoms with van der Waals surface area (Å²) in [5.74, 6) is -0.215. The van der Waals surface area contributed by atoms with Crippen LogP contribution in [0.4, 0.5) is 11.4 Å². The zero-order valence-corrected chi connectivity index (χ0v) is 15.3. The molecular weight excluding hydrogens is 352 g/mol. The first kappa shape index (κ1) is 16.8. The van der Waals surface area contributed by atoms with Crippen molar-refractivity contribution in [1.82, 2.24) is 0 Å². The van der Waals surface area contributed by atoms with Crippen molar-refractivity contribution in [2.75, 3.05) is 16.2 Å². The molecule has 4 rings (SSSR count). The molecule has 0 radical (unpaired) electrons. The van der Waals surface area contributed by atoms with Crippen LogP contribution in [0.2, 0.25) is 0 Å². The summed E-state index contributed by atoms with van der Waals surface area (Å²) in [5.41, 5.74) is 1.31. The van der Waals surface area contributed by atoms with Gasteiger partial charge in [0, 0.05) is 24.2 Å². The lowest BCUT2D eigenvalue weighted by Crippen LogP contribution is -2.37. The molecule has 0 saturated heterocycles. The van der Waals surface area contributed by atoms with Crippen molar-refractivity contribution in [3.05, 3.63) is 53.6 Å². The van der Waals surface area contributed by atoms with Gasteiger partial charge in [-0.05, 0) is 49.7 Å². The zero-order valence-electron chi connectivity index (χ0n) is 14.4. The van der Waals surface area contributed by atoms with E-state index in [0.717, 1.165) is 0 Å². The van der Waals surface area contributed by atoms with E-state index in [0.29, 0.717) is 22.5 Å². The second-order valence-electron chi connectivity index (χ2n) is 7.05. The predicted octanol–water partition coefficient (Wildman–Crippen LogP) is 2.70. The third kappa shape index (κ3) is 2.27. The van der Waals surface area contributed by atoms with E-state index in [9.17, 15) is 18.0 Å². The standard InChI is InChI=1S/C19H18N2O4S/c1-19(2)14-11-12(7-8-15(14)20-18(19)23)26(24,25)21-10-9-17(22)13-5-3-4-6-16(13)21/h3-8,11H,9-10H2,1-2H3,(H,20,23). The van der Waals surface area contributed by atoms with Crippen molar-refractivity contribution >= 4 is 33.1 Å². The molecule has 2 aromatic rings. The van der Waals surface area contributed by atoms with E-state index in [1.54, 1.807) is 50.2 Å². The van der Waals surface area contributed by atoms with Gasteiger partial charge in [0.15, 0.2) is 5.78 Å². The maximum absolute atomic E-state index is 13.3. The lowest BCUT2D eigenvalue weighted by Gasteiger charge is -2.30. The quantitative estimate of drug-likeness (QED) is 0.881. The fourth-order valence-electron chi connectivity index (χ4n) is 3.47. The number of carbonyl (C=O) groups is 2. The van der Waals surface area contributed by atoms with Crippen molar-refractivity contribution in [3.63, 3.8) is 0 Å². The molecule has 0 fully saturated rings. The van der Waals surface area contributed by atoms with Crippen LogP contribution in [-0.4, -0.2) is 26.7 Å². The van der Waals surface area contributed by atoms with E-state index in [1.807, 2.05) is 0 Å². The first-order valence-electron chi connectivity index (χ1n) is 8.34. The first-order chi connectivity index (χ1) is 12.2. The Bertz CT molecular complexity index is 1060. The van der Waals surface area contributed by atoms with Crippen molar-refractivity contribution in [2.45, 2.75) is 30.6 Å². The molecule has 6 nitrogen and oxygen atoms in total. The van der Waals surface area contributed by atoms with E-state index < -0.39 is 15.4 Å². The Labute approximate surface area is 151 Å². The third-order valence-electron chi connectivity index (χ3n) is 5.08. The van der Waals surface area contributed by atoms with Gasteiger partial charge in [0.1, 0.15) is 0 Å². The number of Topliss-reactive ketones (excluding diaryl/α,β-unsaturated/α-hetero) is 1. The maximum atomic E-state index is 13.3. The Morgan fingerprint density at radius 3 is 2.58 bits per heavy atom. The summed E-state index contributed by atoms with van der Waals surface area (Å²) < 4.78 is 27.8. The summed E-state index contributed by atoms with van der Waals surface area (Å²) in [5, 5.41) is 2.78. The minimum Gasteiger partial charge on any atom is -0.325 e. The average Bonchev–Trinajstić information content (AvgIpc) is 2.84. The highest BCUT2D eigenvalue weighted by Gasteiger charge is 2.40. The smallest absolute Gasteiger partial charge is 0.264 e. The number of sulfonamides is 1. The Hall–Kier alpha value is -2.67. The number of hydrogen-bond acceptors (Lipinski definition) is 4. The lowest BCUT2D eigenvalue weighted by molar-refractivity contribution is -0.119. The van der Waals surface area contributed by atoms with Crippen LogP contribution in [0.25, 0.3) is 0 Å². The average molecular weight is 370 g/mol. The number of hydrogen-bond donors (Lipinski definition) is 1. The molecule has 1 amide bonds. The molecule has 0 atom stereocenters. The van der Waals surface area contributed by atoms with Gasteiger partial charge < -0.3 is 5.32 Å². The van der Waals surface area contributed by atoms with Gasteiger partial charge in [-0.2, -0.15) is 0 Å². The largest absolute Gasteiger partial charge is 0.325 e. The van der Waals surface area contributed by atoms with Gasteiger partial charge >= 0.3 is 0 Å². The van der Waals surface area contributed by atoms with Gasteiger partial charge in [-0.3, -0.25) is 13.9 Å². The molecule has 26 heavy (non-hydrogen) atoms. The number of amides is 1. The number of rotatable bonds is 2. The predicted molar refractivity (Wildman–Crippen MR) is 98.0 cm³/mol. The topological polar surface area (TPSA) is 83.6 Å². The minimum atomic E-state index is -3.85. The van der Waals surface area contributed by atoms with Crippen LogP contribution in [0.3, 0.4) is 0 Å². The van der Waals surface area contributed by atoms with Crippen LogP contribution >= 0.6 is 0 Å². The second-order valence-corrected chi connectivity index (χ2v) is 8.92. The van der Waals surface area contributed by atoms with Crippen molar-refractivity contribution < 1.29 is 18.0 Å². The first-order valence-corrected chi connectivity index (χ1v) is 9.78. The molecular formula is C19H18N2O4S. The number of benzene rings is 2. The Morgan fingerprint density at radius 2 is 1.81 bits per heavy atom. The van der Waals surface area contributed by atoms with Crippen LogP contribution in [0.1, 0.15) is 36.2 Å². The SMILES string of the molecule is CC1(C)C(=O)Nc2ccc(S(=O)(=O)N3CCC(=O)c4ccccc43)cc21. The Balaban J connectivity index is 1.83. The summed E-state index contributed by atoms with van der Waals surface area (Å²) in [6.07, 6.45) is 0.146. The van der Waals surface area contributed by atoms with Gasteiger partial charge in [-0.15, -0.1) is 0 Å². The lowest BCUT2D eigenvalue weighted by atomic mass is 9.86. The minimum absolute atomic E-state index is 0.0584. The Kier molecular flexibility index (Phi) is 3.49. The molecule has 134 valence electrons. The van der Waals surface area contributed by atoms with Crippen LogP contribution < -0.4 is 9.62 Å². The molecule has 7 heteroatoms. The van der Waals surface area contributed by atoms with E-state index >= 15 is 0 Å². The molecule has 0 aliphatic carbocycles. The van der Waals surface area contributed by atoms with Gasteiger partial charge in [0.25, 0.3) is 10.0 Å². The van der Waals surface area contributed by atoms with Crippen LogP contribution in [0.5, 0.6) is 0 Å². The molecule has 0 spiro atoms. The molecule has 0 bridgehead atoms. The third-order valence-corrected chi connectivity index (χ3v) is 6.89. The van der Waals surface area contributed by atoms with Crippen LogP contribution in [0.15, 0.2) is 47.4 Å². The number of fused-ring (bicyclic) bond motifs is 2. The highest BCUT2D eigenvalue weighted by atomic mass is 32.2. The molecule has 0 aromatic heterocycles. The normalized spacial score (nSPS) is 18.3. The molecule has 0 unspecified atom stereocenters. The number of para-hydroxylation sites is 1. The molecule has 0 saturated carbocycles. The van der Waals surface area contributed by atoms with Crippen molar-refractivity contribution in [3.8, 4) is 0 Å². The summed E-state index contributed by atoms with van der Waals surface area (Å²) in [4.78, 5) is 24.3. The van der Waals surface area contributed by atoms with E-state index in [-0.39, 0.29) is 29.6 Å². The van der Waals surface area contributed by atoms with Gasteiger partial charge in [0.05, 0.1) is 16.0 Å². The summed E-state index contributed by atoms with van der Waals surface area (Å²) >= 11 is 0. The fraction of sp³-hybridized carbons (Fsp3) is 0.263. The number of ketones is 1. The van der Waals surface area contributed by atoms with Gasteiger partial charge in [-0.1, -0.05) is 12.1 Å². The molecule has 1 N–H and O–H groups in total. The highest BCUT2D eigenvalue weighted by Crippen LogP contribution is 2.40. The number of nitrogens with one attached hydrogen (secondary N) is 1. The van der Waals surface area contributed by atoms with E-state index in [2.05, 4.69) is 5.32 Å². The summed E-state index contributed by atoms with van der Waals surface area (Å²) in [6, 6.07) is 11.4. The number of anilines is 2. The van der Waals surface area contributed by atoms with Crippen LogP contribution in [-0.2, 0) is 20.2 Å². The van der Waals surface area contributed by atoms with Crippen molar-refractivity contribution in [1.29, 1.82) is 0 Å². The molecule has 2 aromatic carbocycles. The monoisotopic (exact) mass is 370 g/mol. The van der Waals surface area contributed by atoms with Crippen molar-refractivity contribution in [2.24, 2.45) is 0 Å². The summed E-state index contributed by atoms with van der Waals surface area (Å²) in [6.45, 7) is 3.63. The second kappa shape index (κ2) is 5.41. The fourth-order valence-corrected chi connectivity index (χ4v) is 4.98. The zero-order chi connectivity index (χ0) is 18.7. The van der Waals surface area contributed by atoms with Crippen LogP contribution in [0, 0.1) is 0 Å². The summed E-state index contributed by atoms with van der Waals surface area (Å²) in [7, 11) is -3.85. The Morgan fingerprint density at radius 1 is 1.08 bits per heavy atom. The highest BCUT2D eigenvalue weighted by molar-refractivity contribution is 7.92.